The van der Waals surface area contributed by atoms with E-state index in [2.05, 4.69) is 6.92 Å². The molecule has 3 amide bonds. The highest BCUT2D eigenvalue weighted by atomic mass is 16.5. The lowest BCUT2D eigenvalue weighted by Crippen LogP contribution is -2.62. The summed E-state index contributed by atoms with van der Waals surface area (Å²) in [4.78, 5) is 32.6. The van der Waals surface area contributed by atoms with Crippen LogP contribution >= 0.6 is 0 Å². The molecule has 2 aliphatic rings. The van der Waals surface area contributed by atoms with E-state index in [4.69, 9.17) is 9.73 Å². The highest BCUT2D eigenvalue weighted by Gasteiger charge is 2.53. The second kappa shape index (κ2) is 7.02. The van der Waals surface area contributed by atoms with Crippen molar-refractivity contribution >= 4 is 23.7 Å². The van der Waals surface area contributed by atoms with Crippen molar-refractivity contribution in [2.24, 2.45) is 4.99 Å². The molecule has 0 spiro atoms. The van der Waals surface area contributed by atoms with Gasteiger partial charge in [-0.3, -0.25) is 14.6 Å². The first-order chi connectivity index (χ1) is 13.9. The summed E-state index contributed by atoms with van der Waals surface area (Å²) in [5.41, 5.74) is 2.77. The summed E-state index contributed by atoms with van der Waals surface area (Å²) < 4.78 is 9.95. The predicted molar refractivity (Wildman–Crippen MR) is 108 cm³/mol. The van der Waals surface area contributed by atoms with Crippen LogP contribution in [0.5, 0.6) is 5.75 Å². The Kier molecular flexibility index (Phi) is 4.64. The number of carbonyl (C=O) groups is 2. The summed E-state index contributed by atoms with van der Waals surface area (Å²) in [5, 5.41) is 0. The molecule has 0 bridgehead atoms. The predicted octanol–water partition coefficient (Wildman–Crippen LogP) is 2.67. The van der Waals surface area contributed by atoms with E-state index in [0.717, 1.165) is 40.6 Å². The van der Waals surface area contributed by atoms with Gasteiger partial charge in [-0.2, -0.15) is 4.57 Å². The number of hydrogen-bond donors (Lipinski definition) is 0. The van der Waals surface area contributed by atoms with Crippen molar-refractivity contribution in [3.63, 3.8) is 0 Å². The zero-order valence-electron chi connectivity index (χ0n) is 17.5. The molecule has 1 atom stereocenters. The maximum Gasteiger partial charge on any atom is 0.407 e. The molecule has 0 saturated carbocycles. The van der Waals surface area contributed by atoms with Crippen LogP contribution in [0.25, 0.3) is 5.69 Å². The normalized spacial score (nSPS) is 18.1. The first kappa shape index (κ1) is 19.2. The van der Waals surface area contributed by atoms with E-state index < -0.39 is 6.04 Å². The summed E-state index contributed by atoms with van der Waals surface area (Å²) in [6, 6.07) is 6.82. The maximum absolute atomic E-state index is 12.9. The van der Waals surface area contributed by atoms with Crippen LogP contribution in [0, 0.1) is 13.8 Å². The quantitative estimate of drug-likeness (QED) is 0.576. The molecule has 1 aromatic heterocycles. The Morgan fingerprint density at radius 2 is 1.86 bits per heavy atom. The minimum absolute atomic E-state index is 0.275. The highest BCUT2D eigenvalue weighted by molar-refractivity contribution is 6.18. The van der Waals surface area contributed by atoms with Crippen molar-refractivity contribution < 1.29 is 18.9 Å². The van der Waals surface area contributed by atoms with Crippen LogP contribution < -0.4 is 9.30 Å². The summed E-state index contributed by atoms with van der Waals surface area (Å²) in [6.07, 6.45) is 2.03. The number of unbranched alkanes of at least 4 members (excludes halogenated alkanes) is 1. The molecule has 1 saturated heterocycles. The number of fused-ring (bicyclic) bond motifs is 3. The molecular weight excluding hydrogens is 370 g/mol. The molecule has 1 fully saturated rings. The van der Waals surface area contributed by atoms with Crippen LogP contribution in [0.15, 0.2) is 29.3 Å². The number of likely N-dealkylation sites (N-methyl/N-ethyl adjacent to an activating group) is 2. The van der Waals surface area contributed by atoms with Crippen molar-refractivity contribution in [2.45, 2.75) is 39.7 Å². The Balaban J connectivity index is 1.87. The Labute approximate surface area is 170 Å². The van der Waals surface area contributed by atoms with Gasteiger partial charge in [0.05, 0.1) is 6.61 Å². The average molecular weight is 396 g/mol. The number of carbonyl (C=O) groups excluding carboxylic acids is 2. The monoisotopic (exact) mass is 396 g/mol. The van der Waals surface area contributed by atoms with Gasteiger partial charge in [0.1, 0.15) is 17.1 Å². The molecule has 3 heterocycles. The SMILES string of the molecule is CCCCOc1ccccc1-n1c(C)c(C)[n+]2c1N=C1C2C(=O)N(C)C(=O)N1C. The highest BCUT2D eigenvalue weighted by Crippen LogP contribution is 2.35. The van der Waals surface area contributed by atoms with Gasteiger partial charge in [-0.25, -0.2) is 9.36 Å². The van der Waals surface area contributed by atoms with Crippen LogP contribution in [-0.4, -0.2) is 52.8 Å². The Morgan fingerprint density at radius 3 is 2.59 bits per heavy atom. The van der Waals surface area contributed by atoms with Gasteiger partial charge in [0.25, 0.3) is 5.91 Å². The van der Waals surface area contributed by atoms with Gasteiger partial charge < -0.3 is 4.74 Å². The minimum Gasteiger partial charge on any atom is -0.490 e. The molecule has 1 unspecified atom stereocenters. The minimum atomic E-state index is -0.633. The van der Waals surface area contributed by atoms with E-state index in [0.29, 0.717) is 18.4 Å². The summed E-state index contributed by atoms with van der Waals surface area (Å²) >= 11 is 0. The Bertz CT molecular complexity index is 1040. The number of benzene rings is 1. The van der Waals surface area contributed by atoms with Gasteiger partial charge in [-0.15, -0.1) is 0 Å². The van der Waals surface area contributed by atoms with Gasteiger partial charge in [0.2, 0.25) is 11.9 Å². The standard InChI is InChI=1S/C21H26N5O3/c1-6-7-12-29-16-11-9-8-10-15(16)25-13(2)14(3)26-17-18(22-20(25)26)23(4)21(28)24(5)19(17)27/h8-11,17H,6-7,12H2,1-5H3/q+1. The number of aliphatic imine (C=N–C) groups is 1. The zero-order valence-corrected chi connectivity index (χ0v) is 17.5. The Morgan fingerprint density at radius 1 is 1.14 bits per heavy atom. The second-order valence-electron chi connectivity index (χ2n) is 7.46. The molecule has 2 aromatic rings. The van der Waals surface area contributed by atoms with Crippen molar-refractivity contribution in [1.29, 1.82) is 0 Å². The number of imide groups is 1. The number of para-hydroxylation sites is 2. The van der Waals surface area contributed by atoms with E-state index in [1.54, 1.807) is 7.05 Å². The molecule has 0 radical (unpaired) electrons. The third kappa shape index (κ3) is 2.73. The van der Waals surface area contributed by atoms with Crippen LogP contribution in [-0.2, 0) is 4.79 Å². The smallest absolute Gasteiger partial charge is 0.407 e. The molecule has 29 heavy (non-hydrogen) atoms. The molecule has 8 nitrogen and oxygen atoms in total. The lowest BCUT2D eigenvalue weighted by molar-refractivity contribution is -0.682. The molecule has 2 aliphatic heterocycles. The Hall–Kier alpha value is -3.16. The van der Waals surface area contributed by atoms with Gasteiger partial charge in [-0.1, -0.05) is 30.5 Å². The van der Waals surface area contributed by atoms with Gasteiger partial charge >= 0.3 is 12.0 Å². The number of amides is 3. The first-order valence-corrected chi connectivity index (χ1v) is 9.88. The van der Waals surface area contributed by atoms with Crippen LogP contribution in [0.3, 0.4) is 0 Å². The van der Waals surface area contributed by atoms with Crippen molar-refractivity contribution in [3.05, 3.63) is 35.7 Å². The third-order valence-corrected chi connectivity index (χ3v) is 5.70. The fourth-order valence-electron chi connectivity index (χ4n) is 3.89. The zero-order chi connectivity index (χ0) is 20.9. The molecule has 1 aromatic carbocycles. The number of rotatable bonds is 5. The second-order valence-corrected chi connectivity index (χ2v) is 7.46. The first-order valence-electron chi connectivity index (χ1n) is 9.88. The molecule has 4 rings (SSSR count). The molecule has 0 N–H and O–H groups in total. The van der Waals surface area contributed by atoms with E-state index >= 15 is 0 Å². The third-order valence-electron chi connectivity index (χ3n) is 5.70. The summed E-state index contributed by atoms with van der Waals surface area (Å²) in [6.45, 7) is 6.74. The molecule has 8 heteroatoms. The van der Waals surface area contributed by atoms with Crippen LogP contribution in [0.1, 0.15) is 37.2 Å². The maximum atomic E-state index is 12.9. The average Bonchev–Trinajstić information content (AvgIpc) is 3.21. The van der Waals surface area contributed by atoms with Crippen LogP contribution in [0.2, 0.25) is 0 Å². The molecular formula is C21H26N5O3+. The van der Waals surface area contributed by atoms with Gasteiger partial charge in [0.15, 0.2) is 5.75 Å². The van der Waals surface area contributed by atoms with Gasteiger partial charge in [0, 0.05) is 14.1 Å². The van der Waals surface area contributed by atoms with E-state index in [1.165, 1.54) is 11.9 Å². The number of amidine groups is 1. The summed E-state index contributed by atoms with van der Waals surface area (Å²) in [7, 11) is 3.16. The number of urea groups is 1. The van der Waals surface area contributed by atoms with Crippen molar-refractivity contribution in [2.75, 3.05) is 20.7 Å². The number of ether oxygens (including phenoxy) is 1. The van der Waals surface area contributed by atoms with Crippen molar-refractivity contribution in [3.8, 4) is 11.4 Å². The number of nitrogens with zero attached hydrogens (tertiary/aromatic N) is 5. The largest absolute Gasteiger partial charge is 0.490 e. The van der Waals surface area contributed by atoms with E-state index in [1.807, 2.05) is 47.2 Å². The topological polar surface area (TPSA) is 71.0 Å². The fraction of sp³-hybridized carbons (Fsp3) is 0.429. The molecule has 152 valence electrons. The van der Waals surface area contributed by atoms with Crippen LogP contribution in [0.4, 0.5) is 10.7 Å². The van der Waals surface area contributed by atoms with E-state index in [-0.39, 0.29) is 11.9 Å². The van der Waals surface area contributed by atoms with E-state index in [9.17, 15) is 9.59 Å². The summed E-state index contributed by atoms with van der Waals surface area (Å²) in [5.74, 6) is 1.57. The number of aromatic nitrogens is 2. The number of hydrogen-bond acceptors (Lipinski definition) is 4. The van der Waals surface area contributed by atoms with Crippen molar-refractivity contribution in [1.82, 2.24) is 14.4 Å². The van der Waals surface area contributed by atoms with Gasteiger partial charge in [-0.05, 0) is 32.4 Å². The lowest BCUT2D eigenvalue weighted by Gasteiger charge is -2.30. The lowest BCUT2D eigenvalue weighted by atomic mass is 10.1. The number of imidazole rings is 1. The fourth-order valence-corrected chi connectivity index (χ4v) is 3.89. The molecule has 0 aliphatic carbocycles.